The molecule has 0 bridgehead atoms. The summed E-state index contributed by atoms with van der Waals surface area (Å²) in [5.41, 5.74) is 3.23. The fourth-order valence-electron chi connectivity index (χ4n) is 3.58. The summed E-state index contributed by atoms with van der Waals surface area (Å²) in [5, 5.41) is 3.31. The van der Waals surface area contributed by atoms with Gasteiger partial charge in [-0.3, -0.25) is 9.10 Å². The summed E-state index contributed by atoms with van der Waals surface area (Å²) in [6.45, 7) is 9.98. The maximum absolute atomic E-state index is 13.0. The van der Waals surface area contributed by atoms with Gasteiger partial charge in [0.2, 0.25) is 15.9 Å². The van der Waals surface area contributed by atoms with E-state index in [2.05, 4.69) is 24.1 Å². The van der Waals surface area contributed by atoms with Crippen LogP contribution in [0, 0.1) is 6.92 Å². The zero-order valence-electron chi connectivity index (χ0n) is 18.9. The van der Waals surface area contributed by atoms with Crippen LogP contribution < -0.4 is 14.5 Å². The third-order valence-electron chi connectivity index (χ3n) is 5.27. The molecule has 0 spiro atoms. The lowest BCUT2D eigenvalue weighted by molar-refractivity contribution is -0.122. The lowest BCUT2D eigenvalue weighted by Gasteiger charge is -2.31. The number of halogens is 1. The molecule has 0 radical (unpaired) electrons. The Bertz CT molecular complexity index is 990. The van der Waals surface area contributed by atoms with E-state index < -0.39 is 16.1 Å². The fourth-order valence-corrected chi connectivity index (χ4v) is 5.00. The first-order valence-electron chi connectivity index (χ1n) is 10.5. The molecule has 0 aliphatic carbocycles. The minimum absolute atomic E-state index is 0.319. The molecule has 0 saturated heterocycles. The van der Waals surface area contributed by atoms with Gasteiger partial charge in [-0.1, -0.05) is 36.7 Å². The van der Waals surface area contributed by atoms with Crippen molar-refractivity contribution < 1.29 is 13.2 Å². The van der Waals surface area contributed by atoms with Gasteiger partial charge in [-0.05, 0) is 62.6 Å². The Labute approximate surface area is 191 Å². The number of nitrogens with one attached hydrogen (secondary N) is 1. The molecule has 0 aromatic heterocycles. The maximum Gasteiger partial charge on any atom is 0.244 e. The second kappa shape index (κ2) is 10.9. The van der Waals surface area contributed by atoms with Crippen molar-refractivity contribution in [2.24, 2.45) is 0 Å². The van der Waals surface area contributed by atoms with E-state index in [4.69, 9.17) is 11.6 Å². The predicted molar refractivity (Wildman–Crippen MR) is 129 cm³/mol. The zero-order chi connectivity index (χ0) is 23.2. The highest BCUT2D eigenvalue weighted by atomic mass is 35.5. The second-order valence-electron chi connectivity index (χ2n) is 7.47. The summed E-state index contributed by atoms with van der Waals surface area (Å²) in [7, 11) is -3.71. The average molecular weight is 466 g/mol. The Morgan fingerprint density at radius 2 is 1.68 bits per heavy atom. The van der Waals surface area contributed by atoms with E-state index in [-0.39, 0.29) is 5.91 Å². The molecule has 0 heterocycles. The first-order valence-corrected chi connectivity index (χ1v) is 12.7. The van der Waals surface area contributed by atoms with Crippen molar-refractivity contribution in [1.29, 1.82) is 0 Å². The monoisotopic (exact) mass is 465 g/mol. The summed E-state index contributed by atoms with van der Waals surface area (Å²) < 4.78 is 26.4. The van der Waals surface area contributed by atoms with Crippen LogP contribution in [0.25, 0.3) is 0 Å². The molecule has 1 N–H and O–H groups in total. The van der Waals surface area contributed by atoms with E-state index in [0.29, 0.717) is 23.7 Å². The molecular formula is C23H32ClN3O3S. The van der Waals surface area contributed by atoms with Crippen LogP contribution in [-0.2, 0) is 21.4 Å². The van der Waals surface area contributed by atoms with Crippen molar-refractivity contribution in [1.82, 2.24) is 5.32 Å². The largest absolute Gasteiger partial charge is 0.372 e. The number of sulfonamides is 1. The molecule has 2 aromatic carbocycles. The number of nitrogens with zero attached hydrogens (tertiary/aromatic N) is 2. The number of amides is 1. The highest BCUT2D eigenvalue weighted by Gasteiger charge is 2.32. The fraction of sp³-hybridized carbons (Fsp3) is 0.435. The number of hydrogen-bond acceptors (Lipinski definition) is 4. The van der Waals surface area contributed by atoms with Gasteiger partial charge in [-0.15, -0.1) is 0 Å². The van der Waals surface area contributed by atoms with Gasteiger partial charge in [0.1, 0.15) is 6.04 Å². The number of anilines is 2. The van der Waals surface area contributed by atoms with Crippen LogP contribution in [0.5, 0.6) is 0 Å². The lowest BCUT2D eigenvalue weighted by atomic mass is 10.1. The van der Waals surface area contributed by atoms with E-state index in [9.17, 15) is 13.2 Å². The van der Waals surface area contributed by atoms with Crippen LogP contribution in [0.15, 0.2) is 42.5 Å². The Morgan fingerprint density at radius 3 is 2.19 bits per heavy atom. The topological polar surface area (TPSA) is 69.7 Å². The molecule has 8 heteroatoms. The molecule has 2 rings (SSSR count). The summed E-state index contributed by atoms with van der Waals surface area (Å²) in [4.78, 5) is 15.3. The predicted octanol–water partition coefficient (Wildman–Crippen LogP) is 4.36. The van der Waals surface area contributed by atoms with Crippen LogP contribution >= 0.6 is 11.6 Å². The molecular weight excluding hydrogens is 434 g/mol. The van der Waals surface area contributed by atoms with Gasteiger partial charge in [0.05, 0.1) is 11.9 Å². The van der Waals surface area contributed by atoms with Gasteiger partial charge < -0.3 is 10.2 Å². The molecule has 170 valence electrons. The smallest absolute Gasteiger partial charge is 0.244 e. The summed E-state index contributed by atoms with van der Waals surface area (Å²) in [5.74, 6) is -0.347. The van der Waals surface area contributed by atoms with Gasteiger partial charge in [0, 0.05) is 30.3 Å². The number of aryl methyl sites for hydroxylation is 1. The second-order valence-corrected chi connectivity index (χ2v) is 9.77. The number of carbonyl (C=O) groups excluding carboxylic acids is 1. The molecule has 0 aliphatic rings. The van der Waals surface area contributed by atoms with Gasteiger partial charge in [-0.25, -0.2) is 8.42 Å². The molecule has 1 atom stereocenters. The molecule has 31 heavy (non-hydrogen) atoms. The normalized spacial score (nSPS) is 12.3. The Kier molecular flexibility index (Phi) is 8.77. The minimum Gasteiger partial charge on any atom is -0.372 e. The van der Waals surface area contributed by atoms with Crippen LogP contribution in [0.4, 0.5) is 11.4 Å². The summed E-state index contributed by atoms with van der Waals surface area (Å²) >= 11 is 6.11. The third kappa shape index (κ3) is 6.37. The van der Waals surface area contributed by atoms with Gasteiger partial charge in [-0.2, -0.15) is 0 Å². The standard InChI is InChI=1S/C23H32ClN3O3S/c1-6-21(27(31(5,29)30)22-15-19(24)12-9-17(22)4)23(28)25-16-18-10-13-20(14-11-18)26(7-2)8-3/h9-15,21H,6-8,16H2,1-5H3,(H,25,28)/t21-/m0/s1. The number of rotatable bonds is 10. The van der Waals surface area contributed by atoms with E-state index >= 15 is 0 Å². The third-order valence-corrected chi connectivity index (χ3v) is 6.67. The summed E-state index contributed by atoms with van der Waals surface area (Å²) in [6, 6.07) is 12.2. The maximum atomic E-state index is 13.0. The van der Waals surface area contributed by atoms with Crippen molar-refractivity contribution in [2.75, 3.05) is 28.6 Å². The number of benzene rings is 2. The van der Waals surface area contributed by atoms with Crippen LogP contribution in [0.1, 0.15) is 38.3 Å². The first-order chi connectivity index (χ1) is 14.6. The van der Waals surface area contributed by atoms with Crippen LogP contribution in [0.3, 0.4) is 0 Å². The van der Waals surface area contributed by atoms with Crippen molar-refractivity contribution >= 4 is 38.9 Å². The van der Waals surface area contributed by atoms with Crippen molar-refractivity contribution in [3.63, 3.8) is 0 Å². The molecule has 0 fully saturated rings. The van der Waals surface area contributed by atoms with Gasteiger partial charge >= 0.3 is 0 Å². The van der Waals surface area contributed by atoms with E-state index in [1.807, 2.05) is 24.3 Å². The van der Waals surface area contributed by atoms with E-state index in [1.165, 1.54) is 4.31 Å². The van der Waals surface area contributed by atoms with Crippen LogP contribution in [-0.4, -0.2) is 39.7 Å². The molecule has 1 amide bonds. The Hall–Kier alpha value is -2.25. The molecule has 0 saturated carbocycles. The number of hydrogen-bond donors (Lipinski definition) is 1. The van der Waals surface area contributed by atoms with Crippen molar-refractivity contribution in [2.45, 2.75) is 46.7 Å². The molecule has 6 nitrogen and oxygen atoms in total. The molecule has 0 unspecified atom stereocenters. The molecule has 0 aliphatic heterocycles. The average Bonchev–Trinajstić information content (AvgIpc) is 2.73. The van der Waals surface area contributed by atoms with Gasteiger partial charge in [0.25, 0.3) is 0 Å². The van der Waals surface area contributed by atoms with E-state index in [0.717, 1.165) is 36.2 Å². The highest BCUT2D eigenvalue weighted by molar-refractivity contribution is 7.92. The summed E-state index contributed by atoms with van der Waals surface area (Å²) in [6.07, 6.45) is 1.43. The zero-order valence-corrected chi connectivity index (χ0v) is 20.4. The Morgan fingerprint density at radius 1 is 1.06 bits per heavy atom. The SMILES string of the molecule is CC[C@@H](C(=O)NCc1ccc(N(CC)CC)cc1)N(c1cc(Cl)ccc1C)S(C)(=O)=O. The first kappa shape index (κ1) is 25.0. The lowest BCUT2D eigenvalue weighted by Crippen LogP contribution is -2.49. The van der Waals surface area contributed by atoms with E-state index in [1.54, 1.807) is 32.0 Å². The highest BCUT2D eigenvalue weighted by Crippen LogP contribution is 2.29. The minimum atomic E-state index is -3.71. The van der Waals surface area contributed by atoms with Crippen LogP contribution in [0.2, 0.25) is 5.02 Å². The number of carbonyl (C=O) groups is 1. The van der Waals surface area contributed by atoms with Gasteiger partial charge in [0.15, 0.2) is 0 Å². The Balaban J connectivity index is 2.21. The van der Waals surface area contributed by atoms with Crippen molar-refractivity contribution in [3.8, 4) is 0 Å². The molecule has 2 aromatic rings. The van der Waals surface area contributed by atoms with Crippen molar-refractivity contribution in [3.05, 3.63) is 58.6 Å². The quantitative estimate of drug-likeness (QED) is 0.566.